The second-order valence-electron chi connectivity index (χ2n) is 8.32. The molecule has 166 valence electrons. The van der Waals surface area contributed by atoms with Gasteiger partial charge in [-0.05, 0) is 30.5 Å². The summed E-state index contributed by atoms with van der Waals surface area (Å²) in [4.78, 5) is 15.5. The van der Waals surface area contributed by atoms with E-state index in [0.717, 1.165) is 24.0 Å². The van der Waals surface area contributed by atoms with E-state index in [-0.39, 0.29) is 12.2 Å². The molecule has 0 N–H and O–H groups in total. The highest BCUT2D eigenvalue weighted by Crippen LogP contribution is 2.29. The molecule has 6 nitrogen and oxygen atoms in total. The predicted molar refractivity (Wildman–Crippen MR) is 123 cm³/mol. The molecule has 0 saturated carbocycles. The van der Waals surface area contributed by atoms with Crippen LogP contribution < -0.4 is 0 Å². The molecule has 0 bridgehead atoms. The number of piperidine rings is 1. The van der Waals surface area contributed by atoms with Gasteiger partial charge in [0, 0.05) is 35.8 Å². The summed E-state index contributed by atoms with van der Waals surface area (Å²) in [6.45, 7) is 3.31. The summed E-state index contributed by atoms with van der Waals surface area (Å²) in [5.41, 5.74) is 3.32. The van der Waals surface area contributed by atoms with Gasteiger partial charge < -0.3 is 14.4 Å². The van der Waals surface area contributed by atoms with Gasteiger partial charge in [0.2, 0.25) is 0 Å². The minimum absolute atomic E-state index is 0.0148. The van der Waals surface area contributed by atoms with Crippen molar-refractivity contribution in [1.29, 1.82) is 0 Å². The number of rotatable bonds is 5. The molecule has 2 saturated heterocycles. The standard InChI is InChI=1S/C25H26ClN3O3/c26-21-8-6-19(7-9-21)23-22(17-29(27-23)16-18-4-2-1-3-5-18)24(30)28-12-10-20(11-13-28)25-31-14-15-32-25/h1-9,17,20,25H,10-16H2. The quantitative estimate of drug-likeness (QED) is 0.574. The maximum Gasteiger partial charge on any atom is 0.257 e. The van der Waals surface area contributed by atoms with Crippen LogP contribution in [0.4, 0.5) is 0 Å². The Kier molecular flexibility index (Phi) is 6.26. The highest BCUT2D eigenvalue weighted by Gasteiger charge is 2.33. The molecule has 0 unspecified atom stereocenters. The van der Waals surface area contributed by atoms with Gasteiger partial charge >= 0.3 is 0 Å². The topological polar surface area (TPSA) is 56.6 Å². The highest BCUT2D eigenvalue weighted by molar-refractivity contribution is 6.30. The van der Waals surface area contributed by atoms with Gasteiger partial charge in [-0.15, -0.1) is 0 Å². The molecule has 2 aromatic carbocycles. The lowest BCUT2D eigenvalue weighted by atomic mass is 9.95. The van der Waals surface area contributed by atoms with Crippen LogP contribution in [0.15, 0.2) is 60.8 Å². The van der Waals surface area contributed by atoms with Gasteiger partial charge in [0.25, 0.3) is 5.91 Å². The first-order valence-electron chi connectivity index (χ1n) is 11.1. The minimum Gasteiger partial charge on any atom is -0.350 e. The summed E-state index contributed by atoms with van der Waals surface area (Å²) in [7, 11) is 0. The monoisotopic (exact) mass is 451 g/mol. The molecule has 0 atom stereocenters. The Hall–Kier alpha value is -2.67. The van der Waals surface area contributed by atoms with Crippen molar-refractivity contribution in [2.45, 2.75) is 25.7 Å². The number of aromatic nitrogens is 2. The summed E-state index contributed by atoms with van der Waals surface area (Å²) in [5.74, 6) is 0.360. The average molecular weight is 452 g/mol. The van der Waals surface area contributed by atoms with E-state index in [4.69, 9.17) is 26.2 Å². The molecule has 1 aromatic heterocycles. The SMILES string of the molecule is O=C(c1cn(Cc2ccccc2)nc1-c1ccc(Cl)cc1)N1CCC(C2OCCO2)CC1. The Morgan fingerprint density at radius 2 is 1.69 bits per heavy atom. The molecule has 2 aliphatic rings. The third-order valence-corrected chi connectivity index (χ3v) is 6.41. The first kappa shape index (κ1) is 21.2. The number of benzene rings is 2. The van der Waals surface area contributed by atoms with Crippen LogP contribution in [-0.4, -0.2) is 53.2 Å². The molecule has 0 radical (unpaired) electrons. The molecular formula is C25H26ClN3O3. The molecule has 1 amide bonds. The highest BCUT2D eigenvalue weighted by atomic mass is 35.5. The van der Waals surface area contributed by atoms with Crippen LogP contribution in [0.2, 0.25) is 5.02 Å². The number of likely N-dealkylation sites (tertiary alicyclic amines) is 1. The third-order valence-electron chi connectivity index (χ3n) is 6.16. The van der Waals surface area contributed by atoms with Gasteiger partial charge in [0.1, 0.15) is 5.69 Å². The molecule has 0 aliphatic carbocycles. The lowest BCUT2D eigenvalue weighted by molar-refractivity contribution is -0.0956. The van der Waals surface area contributed by atoms with Crippen LogP contribution in [-0.2, 0) is 16.0 Å². The van der Waals surface area contributed by atoms with Gasteiger partial charge in [-0.1, -0.05) is 54.1 Å². The Morgan fingerprint density at radius 3 is 2.38 bits per heavy atom. The molecule has 7 heteroatoms. The summed E-state index contributed by atoms with van der Waals surface area (Å²) >= 11 is 6.08. The zero-order valence-electron chi connectivity index (χ0n) is 17.8. The lowest BCUT2D eigenvalue weighted by Crippen LogP contribution is -2.41. The van der Waals surface area contributed by atoms with Gasteiger partial charge in [-0.25, -0.2) is 0 Å². The van der Waals surface area contributed by atoms with E-state index in [1.165, 1.54) is 0 Å². The first-order valence-corrected chi connectivity index (χ1v) is 11.4. The van der Waals surface area contributed by atoms with Crippen molar-refractivity contribution in [1.82, 2.24) is 14.7 Å². The fraction of sp³-hybridized carbons (Fsp3) is 0.360. The van der Waals surface area contributed by atoms with Gasteiger partial charge in [0.05, 0.1) is 25.3 Å². The number of ether oxygens (including phenoxy) is 2. The van der Waals surface area contributed by atoms with Gasteiger partial charge in [-0.2, -0.15) is 5.10 Å². The van der Waals surface area contributed by atoms with E-state index in [0.29, 0.717) is 55.0 Å². The molecule has 5 rings (SSSR count). The van der Waals surface area contributed by atoms with Crippen molar-refractivity contribution < 1.29 is 14.3 Å². The number of nitrogens with zero attached hydrogens (tertiary/aromatic N) is 3. The van der Waals surface area contributed by atoms with Crippen LogP contribution in [0.3, 0.4) is 0 Å². The molecule has 2 fully saturated rings. The van der Waals surface area contributed by atoms with Gasteiger partial charge in [-0.3, -0.25) is 9.48 Å². The molecular weight excluding hydrogens is 426 g/mol. The zero-order chi connectivity index (χ0) is 21.9. The Morgan fingerprint density at radius 1 is 1.00 bits per heavy atom. The van der Waals surface area contributed by atoms with E-state index in [2.05, 4.69) is 12.1 Å². The number of halogens is 1. The largest absolute Gasteiger partial charge is 0.350 e. The minimum atomic E-state index is -0.120. The van der Waals surface area contributed by atoms with Crippen LogP contribution in [0.1, 0.15) is 28.8 Å². The lowest BCUT2D eigenvalue weighted by Gasteiger charge is -2.33. The van der Waals surface area contributed by atoms with E-state index in [1.807, 2.05) is 58.2 Å². The molecule has 3 aromatic rings. The Bertz CT molecular complexity index is 1050. The summed E-state index contributed by atoms with van der Waals surface area (Å²) in [6, 6.07) is 17.6. The number of hydrogen-bond acceptors (Lipinski definition) is 4. The zero-order valence-corrected chi connectivity index (χ0v) is 18.6. The van der Waals surface area contributed by atoms with E-state index < -0.39 is 0 Å². The number of amides is 1. The van der Waals surface area contributed by atoms with Crippen molar-refractivity contribution >= 4 is 17.5 Å². The van der Waals surface area contributed by atoms with Crippen molar-refractivity contribution in [2.75, 3.05) is 26.3 Å². The molecule has 3 heterocycles. The van der Waals surface area contributed by atoms with Crippen LogP contribution in [0.5, 0.6) is 0 Å². The van der Waals surface area contributed by atoms with Crippen molar-refractivity contribution in [3.05, 3.63) is 76.9 Å². The van der Waals surface area contributed by atoms with Crippen molar-refractivity contribution in [2.24, 2.45) is 5.92 Å². The van der Waals surface area contributed by atoms with Crippen LogP contribution in [0.25, 0.3) is 11.3 Å². The number of carbonyl (C=O) groups excluding carboxylic acids is 1. The normalized spacial score (nSPS) is 17.7. The second-order valence-corrected chi connectivity index (χ2v) is 8.76. The fourth-order valence-electron chi connectivity index (χ4n) is 4.44. The number of hydrogen-bond donors (Lipinski definition) is 0. The van der Waals surface area contributed by atoms with Crippen LogP contribution in [0, 0.1) is 5.92 Å². The third kappa shape index (κ3) is 4.58. The fourth-order valence-corrected chi connectivity index (χ4v) is 4.57. The summed E-state index contributed by atoms with van der Waals surface area (Å²) in [6.07, 6.45) is 3.51. The smallest absolute Gasteiger partial charge is 0.257 e. The van der Waals surface area contributed by atoms with Crippen molar-refractivity contribution in [3.8, 4) is 11.3 Å². The number of carbonyl (C=O) groups is 1. The van der Waals surface area contributed by atoms with Gasteiger partial charge in [0.15, 0.2) is 6.29 Å². The first-order chi connectivity index (χ1) is 15.7. The molecule has 32 heavy (non-hydrogen) atoms. The summed E-state index contributed by atoms with van der Waals surface area (Å²) in [5, 5.41) is 5.44. The predicted octanol–water partition coefficient (Wildman–Crippen LogP) is 4.48. The second kappa shape index (κ2) is 9.45. The van der Waals surface area contributed by atoms with Crippen LogP contribution >= 0.6 is 11.6 Å². The summed E-state index contributed by atoms with van der Waals surface area (Å²) < 4.78 is 13.2. The van der Waals surface area contributed by atoms with E-state index >= 15 is 0 Å². The van der Waals surface area contributed by atoms with Crippen molar-refractivity contribution in [3.63, 3.8) is 0 Å². The average Bonchev–Trinajstić information content (AvgIpc) is 3.51. The molecule has 2 aliphatic heterocycles. The maximum atomic E-state index is 13.5. The molecule has 0 spiro atoms. The maximum absolute atomic E-state index is 13.5. The van der Waals surface area contributed by atoms with E-state index in [1.54, 1.807) is 0 Å². The van der Waals surface area contributed by atoms with E-state index in [9.17, 15) is 4.79 Å². The Balaban J connectivity index is 1.38. The Labute approximate surface area is 192 Å².